The fourth-order valence-electron chi connectivity index (χ4n) is 4.47. The van der Waals surface area contributed by atoms with Crippen LogP contribution in [0.15, 0.2) is 48.8 Å². The Balaban J connectivity index is 2.42. The molecule has 0 amide bonds. The first kappa shape index (κ1) is 25.4. The van der Waals surface area contributed by atoms with E-state index in [0.717, 1.165) is 4.61 Å². The van der Waals surface area contributed by atoms with E-state index in [9.17, 15) is 0 Å². The monoisotopic (exact) mass is 533 g/mol. The van der Waals surface area contributed by atoms with Crippen molar-refractivity contribution in [2.24, 2.45) is 0 Å². The van der Waals surface area contributed by atoms with Crippen LogP contribution in [-0.4, -0.2) is 17.3 Å². The summed E-state index contributed by atoms with van der Waals surface area (Å²) in [7, 11) is 13.7. The zero-order valence-electron chi connectivity index (χ0n) is 20.5. The number of imidazole rings is 1. The van der Waals surface area contributed by atoms with E-state index in [1.54, 1.807) is 0 Å². The Morgan fingerprint density at radius 2 is 1.09 bits per heavy atom. The van der Waals surface area contributed by atoms with Gasteiger partial charge in [0.25, 0.3) is 0 Å². The van der Waals surface area contributed by atoms with Gasteiger partial charge in [0.05, 0.1) is 0 Å². The van der Waals surface area contributed by atoms with E-state index in [2.05, 4.69) is 113 Å². The van der Waals surface area contributed by atoms with Crippen molar-refractivity contribution in [3.8, 4) is 11.4 Å². The quantitative estimate of drug-likeness (QED) is 0.220. The van der Waals surface area contributed by atoms with Crippen molar-refractivity contribution in [1.29, 1.82) is 0 Å². The van der Waals surface area contributed by atoms with Crippen LogP contribution in [0.4, 0.5) is 0 Å². The number of halogens is 2. The molecule has 0 spiro atoms. The van der Waals surface area contributed by atoms with Gasteiger partial charge in [-0.25, -0.2) is 0 Å². The zero-order valence-corrected chi connectivity index (χ0v) is 23.9. The predicted molar refractivity (Wildman–Crippen MR) is 141 cm³/mol. The van der Waals surface area contributed by atoms with Crippen molar-refractivity contribution in [3.05, 3.63) is 71.0 Å². The molecule has 5 heteroatoms. The van der Waals surface area contributed by atoms with Crippen molar-refractivity contribution >= 4 is 37.3 Å². The molecule has 0 fully saturated rings. The Kier molecular flexibility index (Phi) is 8.24. The van der Waals surface area contributed by atoms with Crippen molar-refractivity contribution in [1.82, 2.24) is 4.57 Å². The summed E-state index contributed by atoms with van der Waals surface area (Å²) in [6, 6.07) is 13.3. The van der Waals surface area contributed by atoms with E-state index in [1.165, 1.54) is 33.6 Å². The number of hydrogen-bond donors (Lipinski definition) is 0. The zero-order chi connectivity index (χ0) is 23.7. The molecular formula is C27H36AsCl2N2+. The summed E-state index contributed by atoms with van der Waals surface area (Å²) in [5.41, 5.74) is 7.77. The third kappa shape index (κ3) is 4.84. The van der Waals surface area contributed by atoms with Gasteiger partial charge in [0.2, 0.25) is 0 Å². The van der Waals surface area contributed by atoms with Gasteiger partial charge in [0, 0.05) is 0 Å². The molecule has 2 nitrogen and oxygen atoms in total. The number of para-hydroxylation sites is 2. The third-order valence-corrected chi connectivity index (χ3v) is 9.22. The third-order valence-electron chi connectivity index (χ3n) is 6.11. The average Bonchev–Trinajstić information content (AvgIpc) is 3.17. The van der Waals surface area contributed by atoms with Gasteiger partial charge < -0.3 is 0 Å². The molecular weight excluding hydrogens is 498 g/mol. The maximum absolute atomic E-state index is 6.85. The molecule has 1 heterocycles. The Hall–Kier alpha value is -1.21. The molecule has 0 saturated carbocycles. The number of rotatable bonds is 7. The summed E-state index contributed by atoms with van der Waals surface area (Å²) in [6.45, 7) is 18.0. The van der Waals surface area contributed by atoms with E-state index in [0.29, 0.717) is 23.7 Å². The Labute approximate surface area is 207 Å². The average molecular weight is 534 g/mol. The molecule has 3 rings (SSSR count). The summed E-state index contributed by atoms with van der Waals surface area (Å²) in [4.78, 5) is 0. The van der Waals surface area contributed by atoms with E-state index in [4.69, 9.17) is 19.9 Å². The first-order chi connectivity index (χ1) is 15.1. The SMILES string of the molecule is CC(C)c1cccc(C(C)C)c1-n1cc[n+](-c2c(C(C)C)cccc2C(C)C)c1[As](Cl)Cl. The van der Waals surface area contributed by atoms with Crippen LogP contribution in [0.5, 0.6) is 0 Å². The van der Waals surface area contributed by atoms with Crippen molar-refractivity contribution in [2.75, 3.05) is 0 Å². The molecule has 0 aliphatic heterocycles. The summed E-state index contributed by atoms with van der Waals surface area (Å²) >= 11 is -2.31. The van der Waals surface area contributed by atoms with E-state index in [-0.39, 0.29) is 0 Å². The number of benzene rings is 2. The fourth-order valence-corrected chi connectivity index (χ4v) is 7.55. The Morgan fingerprint density at radius 3 is 1.47 bits per heavy atom. The number of nitrogens with zero attached hydrogens (tertiary/aromatic N) is 2. The number of aromatic nitrogens is 2. The van der Waals surface area contributed by atoms with Crippen molar-refractivity contribution in [2.45, 2.75) is 79.1 Å². The molecule has 0 aliphatic rings. The van der Waals surface area contributed by atoms with Gasteiger partial charge in [-0.15, -0.1) is 0 Å². The van der Waals surface area contributed by atoms with Crippen LogP contribution in [0.1, 0.15) is 101 Å². The minimum atomic E-state index is -2.31. The second-order valence-corrected chi connectivity index (χ2v) is 16.0. The van der Waals surface area contributed by atoms with Gasteiger partial charge in [0.15, 0.2) is 0 Å². The first-order valence-corrected chi connectivity index (χ1v) is 17.4. The van der Waals surface area contributed by atoms with Crippen LogP contribution in [-0.2, 0) is 0 Å². The standard InChI is InChI=1S/C27H36AsCl2N2/c1-17(2)21-11-9-12-22(18(3)4)25(21)31-15-16-32(27(31)28(29)30)26-23(19(5)6)13-10-14-24(26)20(7)8/h9-20H,1-8H3/q+1. The summed E-state index contributed by atoms with van der Waals surface area (Å²) in [6.07, 6.45) is 4.33. The normalized spacial score (nSPS) is 12.2. The molecule has 2 aromatic carbocycles. The van der Waals surface area contributed by atoms with Crippen LogP contribution < -0.4 is 9.18 Å². The Morgan fingerprint density at radius 1 is 0.688 bits per heavy atom. The molecule has 0 atom stereocenters. The second kappa shape index (κ2) is 10.4. The van der Waals surface area contributed by atoms with Crippen LogP contribution in [0, 0.1) is 0 Å². The first-order valence-electron chi connectivity index (χ1n) is 11.6. The van der Waals surface area contributed by atoms with Gasteiger partial charge in [-0.3, -0.25) is 0 Å². The molecule has 0 N–H and O–H groups in total. The molecule has 172 valence electrons. The minimum absolute atomic E-state index is 0.396. The molecule has 0 saturated heterocycles. The fraction of sp³-hybridized carbons (Fsp3) is 0.444. The number of hydrogen-bond acceptors (Lipinski definition) is 0. The van der Waals surface area contributed by atoms with Crippen LogP contribution >= 0.6 is 19.9 Å². The van der Waals surface area contributed by atoms with E-state index in [1.807, 2.05) is 0 Å². The molecule has 3 aromatic rings. The topological polar surface area (TPSA) is 8.81 Å². The molecule has 0 bridgehead atoms. The predicted octanol–water partition coefficient (Wildman–Crippen LogP) is 7.42. The molecule has 32 heavy (non-hydrogen) atoms. The summed E-state index contributed by atoms with van der Waals surface area (Å²) in [5, 5.41) is 0. The van der Waals surface area contributed by atoms with Gasteiger partial charge in [0.1, 0.15) is 0 Å². The van der Waals surface area contributed by atoms with Gasteiger partial charge in [-0.1, -0.05) is 0 Å². The molecule has 0 unspecified atom stereocenters. The van der Waals surface area contributed by atoms with Gasteiger partial charge in [-0.05, 0) is 0 Å². The van der Waals surface area contributed by atoms with Crippen molar-refractivity contribution < 1.29 is 4.57 Å². The molecule has 0 radical (unpaired) electrons. The van der Waals surface area contributed by atoms with Gasteiger partial charge >= 0.3 is 208 Å². The van der Waals surface area contributed by atoms with Crippen LogP contribution in [0.25, 0.3) is 11.4 Å². The van der Waals surface area contributed by atoms with Crippen LogP contribution in [0.2, 0.25) is 0 Å². The van der Waals surface area contributed by atoms with E-state index >= 15 is 0 Å². The second-order valence-electron chi connectivity index (χ2n) is 9.76. The van der Waals surface area contributed by atoms with Gasteiger partial charge in [-0.2, -0.15) is 0 Å². The summed E-state index contributed by atoms with van der Waals surface area (Å²) in [5.74, 6) is 1.59. The Bertz CT molecular complexity index is 948. The van der Waals surface area contributed by atoms with E-state index < -0.39 is 12.8 Å². The molecule has 1 aromatic heterocycles. The summed E-state index contributed by atoms with van der Waals surface area (Å²) < 4.78 is 5.59. The van der Waals surface area contributed by atoms with Crippen LogP contribution in [0.3, 0.4) is 0 Å². The van der Waals surface area contributed by atoms with Crippen molar-refractivity contribution in [3.63, 3.8) is 0 Å². The molecule has 0 aliphatic carbocycles. The maximum atomic E-state index is 6.85.